The minimum Gasteiger partial charge on any atom is -0.462 e. The average Bonchev–Trinajstić information content (AvgIpc) is 3.12. The molecule has 5 heteroatoms. The van der Waals surface area contributed by atoms with Crippen molar-refractivity contribution in [2.24, 2.45) is 0 Å². The van der Waals surface area contributed by atoms with Crippen molar-refractivity contribution >= 4 is 11.9 Å². The Morgan fingerprint density at radius 3 is 1.22 bits per heavy atom. The highest BCUT2D eigenvalue weighted by atomic mass is 16.6. The van der Waals surface area contributed by atoms with E-state index < -0.39 is 6.10 Å². The summed E-state index contributed by atoms with van der Waals surface area (Å²) in [5.41, 5.74) is 0. The second-order valence-corrected chi connectivity index (χ2v) is 13.4. The van der Waals surface area contributed by atoms with Gasteiger partial charge in [-0.2, -0.15) is 0 Å². The lowest BCUT2D eigenvalue weighted by atomic mass is 10.1. The molecule has 0 aliphatic carbocycles. The van der Waals surface area contributed by atoms with E-state index in [1.54, 1.807) is 0 Å². The monoisotopic (exact) mass is 697 g/mol. The van der Waals surface area contributed by atoms with Gasteiger partial charge in [-0.3, -0.25) is 9.59 Å². The van der Waals surface area contributed by atoms with Crippen molar-refractivity contribution in [1.82, 2.24) is 0 Å². The molecule has 0 radical (unpaired) electrons. The molecule has 1 unspecified atom stereocenters. The van der Waals surface area contributed by atoms with Crippen LogP contribution in [-0.4, -0.2) is 36.4 Å². The van der Waals surface area contributed by atoms with Gasteiger partial charge >= 0.3 is 11.9 Å². The maximum atomic E-state index is 12.2. The van der Waals surface area contributed by atoms with Crippen LogP contribution in [0.15, 0.2) is 72.9 Å². The van der Waals surface area contributed by atoms with Crippen molar-refractivity contribution in [2.75, 3.05) is 13.2 Å². The summed E-state index contributed by atoms with van der Waals surface area (Å²) in [6.45, 7) is 4.04. The molecule has 0 aromatic rings. The summed E-state index contributed by atoms with van der Waals surface area (Å²) in [6.07, 6.45) is 53.8. The number of allylic oxidation sites excluding steroid dienone is 12. The van der Waals surface area contributed by atoms with Gasteiger partial charge in [-0.1, -0.05) is 151 Å². The molecule has 0 saturated carbocycles. The molecule has 0 aliphatic heterocycles. The second-order valence-electron chi connectivity index (χ2n) is 13.4. The van der Waals surface area contributed by atoms with E-state index in [-0.39, 0.29) is 25.2 Å². The average molecular weight is 697 g/mol. The van der Waals surface area contributed by atoms with Crippen LogP contribution >= 0.6 is 0 Å². The van der Waals surface area contributed by atoms with Gasteiger partial charge in [0.25, 0.3) is 0 Å². The maximum absolute atomic E-state index is 12.2. The first kappa shape index (κ1) is 47.3. The van der Waals surface area contributed by atoms with Gasteiger partial charge in [-0.15, -0.1) is 0 Å². The van der Waals surface area contributed by atoms with Gasteiger partial charge in [0.15, 0.2) is 6.10 Å². The molecule has 0 bridgehead atoms. The predicted molar refractivity (Wildman–Crippen MR) is 214 cm³/mol. The van der Waals surface area contributed by atoms with Crippen LogP contribution in [0, 0.1) is 0 Å². The highest BCUT2D eigenvalue weighted by molar-refractivity contribution is 5.70. The number of hydrogen-bond donors (Lipinski definition) is 1. The molecule has 0 aliphatic rings. The quantitative estimate of drug-likeness (QED) is 0.0401. The standard InChI is InChI=1S/C45H76O5/c1-3-5-7-9-11-13-15-17-19-21-22-24-26-28-30-32-34-36-38-40-45(48)50-43(41-46)42-49-44(47)39-37-35-33-31-29-27-25-23-20-18-16-14-12-10-8-6-4-2/h11-14,17-20,22,24,28,30,43,46H,3-10,15-16,21,23,25-27,29,31-42H2,1-2H3. The van der Waals surface area contributed by atoms with Crippen LogP contribution in [0.2, 0.25) is 0 Å². The highest BCUT2D eigenvalue weighted by Gasteiger charge is 2.16. The van der Waals surface area contributed by atoms with Crippen LogP contribution in [0.4, 0.5) is 0 Å². The molecule has 286 valence electrons. The zero-order chi connectivity index (χ0) is 36.4. The Labute approximate surface area is 308 Å². The SMILES string of the molecule is CCCCCC=CCC=CCC=CCC=CCCCCCC(=O)OC(CO)COC(=O)CCCCCCCCCC=CCC=CCCCCC. The summed E-state index contributed by atoms with van der Waals surface area (Å²) >= 11 is 0. The van der Waals surface area contributed by atoms with E-state index in [2.05, 4.69) is 86.8 Å². The largest absolute Gasteiger partial charge is 0.462 e. The molecular weight excluding hydrogens is 620 g/mol. The van der Waals surface area contributed by atoms with Gasteiger partial charge in [-0.05, 0) is 89.9 Å². The van der Waals surface area contributed by atoms with Crippen LogP contribution in [0.3, 0.4) is 0 Å². The molecule has 50 heavy (non-hydrogen) atoms. The van der Waals surface area contributed by atoms with E-state index in [1.165, 1.54) is 77.0 Å². The fourth-order valence-electron chi connectivity index (χ4n) is 5.33. The first-order valence-corrected chi connectivity index (χ1v) is 20.5. The lowest BCUT2D eigenvalue weighted by Crippen LogP contribution is -2.28. The van der Waals surface area contributed by atoms with Crippen molar-refractivity contribution in [1.29, 1.82) is 0 Å². The Kier molecular flexibility index (Phi) is 38.6. The Hall–Kier alpha value is -2.66. The van der Waals surface area contributed by atoms with Crippen molar-refractivity contribution in [3.05, 3.63) is 72.9 Å². The molecule has 0 saturated heterocycles. The summed E-state index contributed by atoms with van der Waals surface area (Å²) in [5, 5.41) is 9.56. The number of carbonyl (C=O) groups excluding carboxylic acids is 2. The predicted octanol–water partition coefficient (Wildman–Crippen LogP) is 13.0. The van der Waals surface area contributed by atoms with Crippen molar-refractivity contribution < 1.29 is 24.2 Å². The fourth-order valence-corrected chi connectivity index (χ4v) is 5.33. The number of hydrogen-bond acceptors (Lipinski definition) is 5. The molecular formula is C45H76O5. The van der Waals surface area contributed by atoms with Crippen molar-refractivity contribution in [3.63, 3.8) is 0 Å². The summed E-state index contributed by atoms with van der Waals surface area (Å²) in [5.74, 6) is -0.641. The topological polar surface area (TPSA) is 72.8 Å². The zero-order valence-electron chi connectivity index (χ0n) is 32.4. The van der Waals surface area contributed by atoms with Gasteiger partial charge < -0.3 is 14.6 Å². The third-order valence-electron chi connectivity index (χ3n) is 8.47. The van der Waals surface area contributed by atoms with Gasteiger partial charge in [0, 0.05) is 12.8 Å². The summed E-state index contributed by atoms with van der Waals surface area (Å²) in [7, 11) is 0. The minimum atomic E-state index is -0.794. The van der Waals surface area contributed by atoms with Gasteiger partial charge in [0.1, 0.15) is 6.61 Å². The molecule has 1 N–H and O–H groups in total. The van der Waals surface area contributed by atoms with Crippen LogP contribution < -0.4 is 0 Å². The molecule has 0 heterocycles. The highest BCUT2D eigenvalue weighted by Crippen LogP contribution is 2.12. The Morgan fingerprint density at radius 1 is 0.460 bits per heavy atom. The first-order chi connectivity index (χ1) is 24.6. The molecule has 0 spiro atoms. The smallest absolute Gasteiger partial charge is 0.306 e. The van der Waals surface area contributed by atoms with E-state index in [9.17, 15) is 14.7 Å². The van der Waals surface area contributed by atoms with E-state index in [0.29, 0.717) is 12.8 Å². The maximum Gasteiger partial charge on any atom is 0.306 e. The number of aliphatic hydroxyl groups excluding tert-OH is 1. The lowest BCUT2D eigenvalue weighted by molar-refractivity contribution is -0.161. The third-order valence-corrected chi connectivity index (χ3v) is 8.47. The number of aliphatic hydroxyl groups is 1. The number of unbranched alkanes of at least 4 members (excludes halogenated alkanes) is 16. The van der Waals surface area contributed by atoms with Crippen LogP contribution in [0.25, 0.3) is 0 Å². The fraction of sp³-hybridized carbons (Fsp3) is 0.689. The minimum absolute atomic E-state index is 0.0865. The van der Waals surface area contributed by atoms with Gasteiger partial charge in [-0.25, -0.2) is 0 Å². The van der Waals surface area contributed by atoms with Crippen LogP contribution in [-0.2, 0) is 19.1 Å². The van der Waals surface area contributed by atoms with Crippen molar-refractivity contribution in [2.45, 2.75) is 187 Å². The number of ether oxygens (including phenoxy) is 2. The molecule has 0 fully saturated rings. The summed E-state index contributed by atoms with van der Waals surface area (Å²) in [6, 6.07) is 0. The number of carbonyl (C=O) groups is 2. The normalized spacial score (nSPS) is 12.9. The third kappa shape index (κ3) is 38.1. The molecule has 1 atom stereocenters. The molecule has 5 nitrogen and oxygen atoms in total. The molecule has 0 aromatic heterocycles. The second kappa shape index (κ2) is 40.8. The van der Waals surface area contributed by atoms with E-state index in [1.807, 2.05) is 0 Å². The summed E-state index contributed by atoms with van der Waals surface area (Å²) < 4.78 is 10.6. The Balaban J connectivity index is 3.66. The number of esters is 2. The molecule has 0 aromatic carbocycles. The Morgan fingerprint density at radius 2 is 0.800 bits per heavy atom. The molecule has 0 rings (SSSR count). The van der Waals surface area contributed by atoms with E-state index in [0.717, 1.165) is 77.0 Å². The Bertz CT molecular complexity index is 926. The number of rotatable bonds is 36. The van der Waals surface area contributed by atoms with Gasteiger partial charge in [0.2, 0.25) is 0 Å². The van der Waals surface area contributed by atoms with Gasteiger partial charge in [0.05, 0.1) is 6.61 Å². The molecule has 0 amide bonds. The van der Waals surface area contributed by atoms with Crippen LogP contribution in [0.5, 0.6) is 0 Å². The lowest BCUT2D eigenvalue weighted by Gasteiger charge is -2.15. The van der Waals surface area contributed by atoms with Crippen LogP contribution in [0.1, 0.15) is 181 Å². The summed E-state index contributed by atoms with van der Waals surface area (Å²) in [4.78, 5) is 24.3. The first-order valence-electron chi connectivity index (χ1n) is 20.5. The van der Waals surface area contributed by atoms with E-state index >= 15 is 0 Å². The van der Waals surface area contributed by atoms with E-state index in [4.69, 9.17) is 9.47 Å². The zero-order valence-corrected chi connectivity index (χ0v) is 32.4. The van der Waals surface area contributed by atoms with Crippen molar-refractivity contribution in [3.8, 4) is 0 Å².